The monoisotopic (exact) mass is 348 g/mol. The van der Waals surface area contributed by atoms with Crippen molar-refractivity contribution in [1.29, 1.82) is 0 Å². The van der Waals surface area contributed by atoms with E-state index in [-0.39, 0.29) is 18.6 Å². The highest BCUT2D eigenvalue weighted by Gasteiger charge is 2.28. The third-order valence-electron chi connectivity index (χ3n) is 2.93. The van der Waals surface area contributed by atoms with Crippen LogP contribution in [0.1, 0.15) is 26.7 Å². The lowest BCUT2D eigenvalue weighted by Gasteiger charge is -2.25. The second-order valence-electron chi connectivity index (χ2n) is 5.78. The second-order valence-corrected chi connectivity index (χ2v) is 5.78. The summed E-state index contributed by atoms with van der Waals surface area (Å²) in [5, 5.41) is 13.8. The van der Waals surface area contributed by atoms with Crippen LogP contribution in [-0.2, 0) is 4.79 Å². The van der Waals surface area contributed by atoms with Crippen molar-refractivity contribution < 1.29 is 32.6 Å². The van der Waals surface area contributed by atoms with Crippen LogP contribution in [0.25, 0.3) is 0 Å². The van der Waals surface area contributed by atoms with Gasteiger partial charge in [0.15, 0.2) is 6.61 Å². The SMILES string of the molecule is CC(C)(CCC(=O)O)NC(=O)Nc1ccc(OCC(F)(F)F)cc1. The molecule has 134 valence electrons. The van der Waals surface area contributed by atoms with Crippen LogP contribution in [0.3, 0.4) is 0 Å². The van der Waals surface area contributed by atoms with Crippen molar-refractivity contribution in [2.75, 3.05) is 11.9 Å². The molecule has 0 spiro atoms. The van der Waals surface area contributed by atoms with Gasteiger partial charge in [-0.15, -0.1) is 0 Å². The zero-order chi connectivity index (χ0) is 18.4. The zero-order valence-electron chi connectivity index (χ0n) is 13.2. The summed E-state index contributed by atoms with van der Waals surface area (Å²) in [6.07, 6.45) is -4.25. The van der Waals surface area contributed by atoms with E-state index in [0.29, 0.717) is 5.69 Å². The minimum absolute atomic E-state index is 0.0278. The fourth-order valence-corrected chi connectivity index (χ4v) is 1.75. The molecule has 0 saturated heterocycles. The number of carboxylic acid groups (broad SMARTS) is 1. The van der Waals surface area contributed by atoms with E-state index in [9.17, 15) is 22.8 Å². The number of urea groups is 1. The van der Waals surface area contributed by atoms with Gasteiger partial charge in [-0.2, -0.15) is 13.2 Å². The Balaban J connectivity index is 2.51. The summed E-state index contributed by atoms with van der Waals surface area (Å²) in [7, 11) is 0. The maximum atomic E-state index is 12.0. The number of halogens is 3. The highest BCUT2D eigenvalue weighted by Crippen LogP contribution is 2.20. The summed E-state index contributed by atoms with van der Waals surface area (Å²) in [5.74, 6) is -0.931. The zero-order valence-corrected chi connectivity index (χ0v) is 13.2. The van der Waals surface area contributed by atoms with Gasteiger partial charge in [-0.3, -0.25) is 4.79 Å². The molecule has 0 atom stereocenters. The van der Waals surface area contributed by atoms with E-state index in [2.05, 4.69) is 15.4 Å². The van der Waals surface area contributed by atoms with Gasteiger partial charge in [0, 0.05) is 17.6 Å². The molecular formula is C15H19F3N2O4. The minimum Gasteiger partial charge on any atom is -0.484 e. The molecule has 0 fully saturated rings. The molecule has 1 aromatic rings. The first kappa shape index (κ1) is 19.6. The Morgan fingerprint density at radius 2 is 1.75 bits per heavy atom. The average molecular weight is 348 g/mol. The van der Waals surface area contributed by atoms with Crippen molar-refractivity contribution in [3.63, 3.8) is 0 Å². The van der Waals surface area contributed by atoms with E-state index in [4.69, 9.17) is 5.11 Å². The van der Waals surface area contributed by atoms with Crippen molar-refractivity contribution in [2.24, 2.45) is 0 Å². The quantitative estimate of drug-likeness (QED) is 0.705. The first-order valence-corrected chi connectivity index (χ1v) is 7.07. The lowest BCUT2D eigenvalue weighted by atomic mass is 9.99. The van der Waals surface area contributed by atoms with Gasteiger partial charge >= 0.3 is 18.2 Å². The van der Waals surface area contributed by atoms with Gasteiger partial charge in [0.2, 0.25) is 0 Å². The Kier molecular flexibility index (Phi) is 6.44. The third kappa shape index (κ3) is 8.25. The number of carbonyl (C=O) groups excluding carboxylic acids is 1. The third-order valence-corrected chi connectivity index (χ3v) is 2.93. The van der Waals surface area contributed by atoms with Gasteiger partial charge in [0.25, 0.3) is 0 Å². The Hall–Kier alpha value is -2.45. The number of ether oxygens (including phenoxy) is 1. The summed E-state index contributed by atoms with van der Waals surface area (Å²) in [4.78, 5) is 22.4. The standard InChI is InChI=1S/C15H19F3N2O4/c1-14(2,8-7-12(21)22)20-13(23)19-10-3-5-11(6-4-10)24-9-15(16,17)18/h3-6H,7-9H2,1-2H3,(H,21,22)(H2,19,20,23). The molecule has 9 heteroatoms. The average Bonchev–Trinajstić information content (AvgIpc) is 2.43. The van der Waals surface area contributed by atoms with Crippen LogP contribution in [0, 0.1) is 0 Å². The molecule has 0 unspecified atom stereocenters. The number of hydrogen-bond acceptors (Lipinski definition) is 3. The highest BCUT2D eigenvalue weighted by atomic mass is 19.4. The molecule has 0 aromatic heterocycles. The van der Waals surface area contributed by atoms with E-state index >= 15 is 0 Å². The van der Waals surface area contributed by atoms with Gasteiger partial charge in [0.1, 0.15) is 5.75 Å². The molecule has 3 N–H and O–H groups in total. The van der Waals surface area contributed by atoms with E-state index in [0.717, 1.165) is 0 Å². The Bertz CT molecular complexity index is 571. The minimum atomic E-state index is -4.42. The lowest BCUT2D eigenvalue weighted by Crippen LogP contribution is -2.45. The van der Waals surface area contributed by atoms with Crippen LogP contribution in [-0.4, -0.2) is 35.4 Å². The summed E-state index contributed by atoms with van der Waals surface area (Å²) in [5.41, 5.74) is -0.362. The fraction of sp³-hybridized carbons (Fsp3) is 0.467. The molecule has 24 heavy (non-hydrogen) atoms. The normalized spacial score (nSPS) is 11.7. The van der Waals surface area contributed by atoms with Crippen LogP contribution in [0.15, 0.2) is 24.3 Å². The molecule has 1 rings (SSSR count). The predicted octanol–water partition coefficient (Wildman–Crippen LogP) is 3.39. The number of alkyl halides is 3. The van der Waals surface area contributed by atoms with Crippen LogP contribution in [0.2, 0.25) is 0 Å². The van der Waals surface area contributed by atoms with Crippen molar-refractivity contribution in [3.8, 4) is 5.75 Å². The van der Waals surface area contributed by atoms with E-state index in [1.54, 1.807) is 13.8 Å². The first-order valence-electron chi connectivity index (χ1n) is 7.07. The number of benzene rings is 1. The summed E-state index contributed by atoms with van der Waals surface area (Å²) in [6.45, 7) is 1.98. The van der Waals surface area contributed by atoms with Crippen molar-refractivity contribution in [2.45, 2.75) is 38.4 Å². The molecule has 2 amide bonds. The summed E-state index contributed by atoms with van der Waals surface area (Å²) in [6, 6.07) is 4.85. The van der Waals surface area contributed by atoms with Crippen molar-refractivity contribution in [1.82, 2.24) is 5.32 Å². The second kappa shape index (κ2) is 7.89. The van der Waals surface area contributed by atoms with Gasteiger partial charge in [-0.1, -0.05) is 0 Å². The molecule has 1 aromatic carbocycles. The molecule has 0 aliphatic heterocycles. The van der Waals surface area contributed by atoms with Gasteiger partial charge in [-0.05, 0) is 44.5 Å². The molecule has 0 aliphatic rings. The van der Waals surface area contributed by atoms with E-state index in [1.165, 1.54) is 24.3 Å². The number of rotatable bonds is 7. The first-order chi connectivity index (χ1) is 11.0. The number of carbonyl (C=O) groups is 2. The summed E-state index contributed by atoms with van der Waals surface area (Å²) < 4.78 is 40.7. The van der Waals surface area contributed by atoms with Crippen LogP contribution in [0.4, 0.5) is 23.7 Å². The summed E-state index contributed by atoms with van der Waals surface area (Å²) >= 11 is 0. The number of nitrogens with one attached hydrogen (secondary N) is 2. The maximum absolute atomic E-state index is 12.0. The largest absolute Gasteiger partial charge is 0.484 e. The lowest BCUT2D eigenvalue weighted by molar-refractivity contribution is -0.153. The maximum Gasteiger partial charge on any atom is 0.422 e. The molecular weight excluding hydrogens is 329 g/mol. The molecule has 0 aliphatic carbocycles. The Labute approximate surface area is 137 Å². The van der Waals surface area contributed by atoms with Crippen LogP contribution in [0.5, 0.6) is 5.75 Å². The topological polar surface area (TPSA) is 87.7 Å². The van der Waals surface area contributed by atoms with Crippen LogP contribution < -0.4 is 15.4 Å². The number of carboxylic acids is 1. The number of aliphatic carboxylic acids is 1. The fourth-order valence-electron chi connectivity index (χ4n) is 1.75. The Morgan fingerprint density at radius 1 is 1.17 bits per heavy atom. The number of hydrogen-bond donors (Lipinski definition) is 3. The van der Waals surface area contributed by atoms with Gasteiger partial charge in [0.05, 0.1) is 0 Å². The van der Waals surface area contributed by atoms with Crippen molar-refractivity contribution >= 4 is 17.7 Å². The van der Waals surface area contributed by atoms with E-state index in [1.807, 2.05) is 0 Å². The smallest absolute Gasteiger partial charge is 0.422 e. The van der Waals surface area contributed by atoms with Gasteiger partial charge < -0.3 is 20.5 Å². The molecule has 0 saturated carbocycles. The Morgan fingerprint density at radius 3 is 2.25 bits per heavy atom. The number of amides is 2. The van der Waals surface area contributed by atoms with Crippen molar-refractivity contribution in [3.05, 3.63) is 24.3 Å². The molecule has 0 radical (unpaired) electrons. The van der Waals surface area contributed by atoms with Crippen LogP contribution >= 0.6 is 0 Å². The van der Waals surface area contributed by atoms with Gasteiger partial charge in [-0.25, -0.2) is 4.79 Å². The highest BCUT2D eigenvalue weighted by molar-refractivity contribution is 5.89. The predicted molar refractivity (Wildman–Crippen MR) is 81.1 cm³/mol. The molecule has 6 nitrogen and oxygen atoms in total. The molecule has 0 bridgehead atoms. The number of anilines is 1. The van der Waals surface area contributed by atoms with E-state index < -0.39 is 30.3 Å². The molecule has 0 heterocycles.